The smallest absolute Gasteiger partial charge is 0.261 e. The number of hydrogen-bond donors (Lipinski definition) is 2. The lowest BCUT2D eigenvalue weighted by Gasteiger charge is -2.10. The standard InChI is InChI=1S/C21H16FN3O3/c1-11-8-18(13-4-3-5-16(22)19(13)24-11)25-21(27)15-10-23-17-7-6-12(28-2)9-14(17)20(15)26/h3-10H,1-2H3,(H,23,26)(H,24,25,27). The topological polar surface area (TPSA) is 84.1 Å². The summed E-state index contributed by atoms with van der Waals surface area (Å²) in [7, 11) is 1.50. The number of aromatic nitrogens is 2. The van der Waals surface area contributed by atoms with E-state index in [0.29, 0.717) is 33.4 Å². The maximum absolute atomic E-state index is 14.1. The highest BCUT2D eigenvalue weighted by Gasteiger charge is 2.16. The van der Waals surface area contributed by atoms with Gasteiger partial charge in [-0.2, -0.15) is 0 Å². The molecule has 0 atom stereocenters. The SMILES string of the molecule is COc1ccc2[nH]cc(C(=O)Nc3cc(C)nc4c(F)cccc34)c(=O)c2c1. The van der Waals surface area contributed by atoms with Crippen LogP contribution < -0.4 is 15.5 Å². The average molecular weight is 377 g/mol. The summed E-state index contributed by atoms with van der Waals surface area (Å²) in [5, 5.41) is 3.50. The summed E-state index contributed by atoms with van der Waals surface area (Å²) in [5.41, 5.74) is 1.21. The van der Waals surface area contributed by atoms with Gasteiger partial charge in [0.2, 0.25) is 5.43 Å². The maximum Gasteiger partial charge on any atom is 0.261 e. The van der Waals surface area contributed by atoms with Gasteiger partial charge >= 0.3 is 0 Å². The van der Waals surface area contributed by atoms with Crippen LogP contribution in [-0.2, 0) is 0 Å². The van der Waals surface area contributed by atoms with Crippen LogP contribution in [0, 0.1) is 12.7 Å². The second-order valence-electron chi connectivity index (χ2n) is 6.34. The molecule has 4 aromatic rings. The molecule has 28 heavy (non-hydrogen) atoms. The van der Waals surface area contributed by atoms with Gasteiger partial charge in [-0.15, -0.1) is 0 Å². The van der Waals surface area contributed by atoms with Gasteiger partial charge in [0.25, 0.3) is 5.91 Å². The lowest BCUT2D eigenvalue weighted by molar-refractivity contribution is 0.102. The number of H-pyrrole nitrogens is 1. The summed E-state index contributed by atoms with van der Waals surface area (Å²) in [6.45, 7) is 1.71. The summed E-state index contributed by atoms with van der Waals surface area (Å²) < 4.78 is 19.2. The van der Waals surface area contributed by atoms with E-state index in [2.05, 4.69) is 15.3 Å². The minimum Gasteiger partial charge on any atom is -0.497 e. The Morgan fingerprint density at radius 3 is 2.79 bits per heavy atom. The van der Waals surface area contributed by atoms with E-state index in [9.17, 15) is 14.0 Å². The van der Waals surface area contributed by atoms with E-state index in [-0.39, 0.29) is 11.1 Å². The highest BCUT2D eigenvalue weighted by Crippen LogP contribution is 2.25. The molecule has 0 radical (unpaired) electrons. The van der Waals surface area contributed by atoms with Gasteiger partial charge < -0.3 is 15.0 Å². The number of nitrogens with zero attached hydrogens (tertiary/aromatic N) is 1. The van der Waals surface area contributed by atoms with Crippen molar-refractivity contribution in [2.75, 3.05) is 12.4 Å². The largest absolute Gasteiger partial charge is 0.497 e. The molecular weight excluding hydrogens is 361 g/mol. The Balaban J connectivity index is 1.79. The summed E-state index contributed by atoms with van der Waals surface area (Å²) in [6, 6.07) is 11.2. The molecule has 0 fully saturated rings. The number of methoxy groups -OCH3 is 1. The molecule has 7 heteroatoms. The number of amides is 1. The number of pyridine rings is 2. The Hall–Kier alpha value is -3.74. The van der Waals surface area contributed by atoms with E-state index in [1.165, 1.54) is 19.4 Å². The Kier molecular flexibility index (Phi) is 4.27. The van der Waals surface area contributed by atoms with E-state index in [1.54, 1.807) is 43.3 Å². The van der Waals surface area contributed by atoms with E-state index in [4.69, 9.17) is 4.74 Å². The van der Waals surface area contributed by atoms with E-state index in [1.807, 2.05) is 0 Å². The van der Waals surface area contributed by atoms with Gasteiger partial charge in [0.05, 0.1) is 12.8 Å². The first-order valence-electron chi connectivity index (χ1n) is 8.54. The Morgan fingerprint density at radius 2 is 2.00 bits per heavy atom. The van der Waals surface area contributed by atoms with Crippen LogP contribution in [0.2, 0.25) is 0 Å². The zero-order valence-corrected chi connectivity index (χ0v) is 15.2. The zero-order chi connectivity index (χ0) is 19.8. The predicted molar refractivity (Wildman–Crippen MR) is 106 cm³/mol. The van der Waals surface area contributed by atoms with Crippen molar-refractivity contribution >= 4 is 33.4 Å². The van der Waals surface area contributed by atoms with Crippen molar-refractivity contribution < 1.29 is 13.9 Å². The molecule has 0 unspecified atom stereocenters. The van der Waals surface area contributed by atoms with E-state index < -0.39 is 17.2 Å². The molecule has 0 spiro atoms. The van der Waals surface area contributed by atoms with Gasteiger partial charge in [-0.05, 0) is 37.3 Å². The second kappa shape index (κ2) is 6.77. The molecule has 140 valence electrons. The van der Waals surface area contributed by atoms with Crippen molar-refractivity contribution in [2.24, 2.45) is 0 Å². The fourth-order valence-electron chi connectivity index (χ4n) is 3.13. The number of aryl methyl sites for hydroxylation is 1. The molecule has 0 aliphatic rings. The second-order valence-corrected chi connectivity index (χ2v) is 6.34. The lowest BCUT2D eigenvalue weighted by atomic mass is 10.1. The van der Waals surface area contributed by atoms with Crippen molar-refractivity contribution in [3.8, 4) is 5.75 Å². The van der Waals surface area contributed by atoms with Gasteiger partial charge in [0.15, 0.2) is 0 Å². The third-order valence-corrected chi connectivity index (χ3v) is 4.50. The zero-order valence-electron chi connectivity index (χ0n) is 15.2. The van der Waals surface area contributed by atoms with E-state index >= 15 is 0 Å². The van der Waals surface area contributed by atoms with Gasteiger partial charge in [-0.25, -0.2) is 9.37 Å². The molecule has 2 heterocycles. The fourth-order valence-corrected chi connectivity index (χ4v) is 3.13. The van der Waals surface area contributed by atoms with Crippen molar-refractivity contribution in [1.29, 1.82) is 0 Å². The molecule has 2 aromatic heterocycles. The van der Waals surface area contributed by atoms with Crippen LogP contribution in [0.5, 0.6) is 5.75 Å². The molecule has 6 nitrogen and oxygen atoms in total. The summed E-state index contributed by atoms with van der Waals surface area (Å²) in [5.74, 6) is -0.559. The quantitative estimate of drug-likeness (QED) is 0.569. The van der Waals surface area contributed by atoms with Crippen molar-refractivity contribution in [3.05, 3.63) is 76.0 Å². The average Bonchev–Trinajstić information content (AvgIpc) is 2.69. The first-order chi connectivity index (χ1) is 13.5. The Labute approximate surface area is 159 Å². The number of para-hydroxylation sites is 1. The van der Waals surface area contributed by atoms with Crippen LogP contribution in [0.15, 0.2) is 53.5 Å². The van der Waals surface area contributed by atoms with Crippen LogP contribution in [0.4, 0.5) is 10.1 Å². The third-order valence-electron chi connectivity index (χ3n) is 4.50. The maximum atomic E-state index is 14.1. The number of carbonyl (C=O) groups excluding carboxylic acids is 1. The van der Waals surface area contributed by atoms with Crippen molar-refractivity contribution in [3.63, 3.8) is 0 Å². The van der Waals surface area contributed by atoms with Gasteiger partial charge in [-0.3, -0.25) is 9.59 Å². The summed E-state index contributed by atoms with van der Waals surface area (Å²) in [4.78, 5) is 32.7. The molecule has 0 bridgehead atoms. The number of fused-ring (bicyclic) bond motifs is 2. The Bertz CT molecular complexity index is 1300. The molecule has 1 amide bonds. The number of aromatic amines is 1. The molecule has 4 rings (SSSR count). The molecule has 0 saturated heterocycles. The van der Waals surface area contributed by atoms with Crippen LogP contribution in [-0.4, -0.2) is 23.0 Å². The highest BCUT2D eigenvalue weighted by atomic mass is 19.1. The van der Waals surface area contributed by atoms with Crippen LogP contribution in [0.1, 0.15) is 16.1 Å². The van der Waals surface area contributed by atoms with Crippen LogP contribution >= 0.6 is 0 Å². The number of anilines is 1. The number of carbonyl (C=O) groups is 1. The summed E-state index contributed by atoms with van der Waals surface area (Å²) >= 11 is 0. The van der Waals surface area contributed by atoms with Crippen LogP contribution in [0.3, 0.4) is 0 Å². The lowest BCUT2D eigenvalue weighted by Crippen LogP contribution is -2.22. The van der Waals surface area contributed by atoms with Gasteiger partial charge in [-0.1, -0.05) is 12.1 Å². The molecule has 0 aliphatic heterocycles. The number of benzene rings is 2. The molecular formula is C21H16FN3O3. The van der Waals surface area contributed by atoms with Crippen LogP contribution in [0.25, 0.3) is 21.8 Å². The monoisotopic (exact) mass is 377 g/mol. The van der Waals surface area contributed by atoms with E-state index in [0.717, 1.165) is 0 Å². The van der Waals surface area contributed by atoms with Gasteiger partial charge in [0.1, 0.15) is 22.6 Å². The first-order valence-corrected chi connectivity index (χ1v) is 8.54. The first kappa shape index (κ1) is 17.7. The molecule has 0 saturated carbocycles. The summed E-state index contributed by atoms with van der Waals surface area (Å²) in [6.07, 6.45) is 1.36. The number of nitrogens with one attached hydrogen (secondary N) is 2. The normalized spacial score (nSPS) is 11.0. The highest BCUT2D eigenvalue weighted by molar-refractivity contribution is 6.09. The predicted octanol–water partition coefficient (Wildman–Crippen LogP) is 3.78. The minimum atomic E-state index is -0.595. The number of rotatable bonds is 3. The van der Waals surface area contributed by atoms with Crippen molar-refractivity contribution in [1.82, 2.24) is 9.97 Å². The molecule has 2 N–H and O–H groups in total. The minimum absolute atomic E-state index is 0.0558. The Morgan fingerprint density at radius 1 is 1.18 bits per heavy atom. The fraction of sp³-hybridized carbons (Fsp3) is 0.0952. The number of halogens is 1. The number of ether oxygens (including phenoxy) is 1. The third kappa shape index (κ3) is 2.96. The van der Waals surface area contributed by atoms with Crippen molar-refractivity contribution in [2.45, 2.75) is 6.92 Å². The molecule has 2 aromatic carbocycles. The molecule has 0 aliphatic carbocycles. The van der Waals surface area contributed by atoms with Gasteiger partial charge in [0, 0.05) is 28.2 Å². The number of hydrogen-bond acceptors (Lipinski definition) is 4.